The number of nitrogens with zero attached hydrogens (tertiary/aromatic N) is 2. The molecule has 1 N–H and O–H groups in total. The van der Waals surface area contributed by atoms with E-state index in [1.807, 2.05) is 24.3 Å². The van der Waals surface area contributed by atoms with E-state index in [1.54, 1.807) is 60.7 Å². The van der Waals surface area contributed by atoms with E-state index in [2.05, 4.69) is 0 Å². The van der Waals surface area contributed by atoms with Crippen molar-refractivity contribution in [2.75, 3.05) is 12.0 Å². The SMILES string of the molecule is COc1ccc(/C(O)=C2\C(=O)C(=O)N(c3ccc(C#N)cc3)C2c2ccccc2)cc1. The molecule has 0 saturated carbocycles. The molecule has 4 rings (SSSR count). The molecular weight excluding hydrogens is 392 g/mol. The molecule has 6 nitrogen and oxygen atoms in total. The Kier molecular flexibility index (Phi) is 5.25. The van der Waals surface area contributed by atoms with Crippen molar-refractivity contribution in [1.82, 2.24) is 0 Å². The zero-order valence-electron chi connectivity index (χ0n) is 16.6. The molecule has 1 saturated heterocycles. The van der Waals surface area contributed by atoms with Crippen molar-refractivity contribution < 1.29 is 19.4 Å². The summed E-state index contributed by atoms with van der Waals surface area (Å²) in [6, 6.07) is 23.3. The Labute approximate surface area is 179 Å². The number of carbonyl (C=O) groups excluding carboxylic acids is 2. The van der Waals surface area contributed by atoms with E-state index in [4.69, 9.17) is 10.00 Å². The number of benzene rings is 3. The number of hydrogen-bond acceptors (Lipinski definition) is 5. The third-order valence-corrected chi connectivity index (χ3v) is 5.20. The second kappa shape index (κ2) is 8.17. The third kappa shape index (κ3) is 3.53. The van der Waals surface area contributed by atoms with Crippen LogP contribution in [0, 0.1) is 11.3 Å². The molecule has 0 spiro atoms. The summed E-state index contributed by atoms with van der Waals surface area (Å²) in [5, 5.41) is 20.1. The molecule has 0 aromatic heterocycles. The highest BCUT2D eigenvalue weighted by Gasteiger charge is 2.46. The minimum absolute atomic E-state index is 0.00530. The normalized spacial score (nSPS) is 17.4. The van der Waals surface area contributed by atoms with Crippen LogP contribution in [0.15, 0.2) is 84.4 Å². The van der Waals surface area contributed by atoms with Crippen LogP contribution in [-0.4, -0.2) is 23.9 Å². The van der Waals surface area contributed by atoms with E-state index in [1.165, 1.54) is 12.0 Å². The van der Waals surface area contributed by atoms with Crippen LogP contribution in [0.25, 0.3) is 5.76 Å². The molecule has 1 amide bonds. The highest BCUT2D eigenvalue weighted by atomic mass is 16.5. The van der Waals surface area contributed by atoms with Gasteiger partial charge < -0.3 is 9.84 Å². The highest BCUT2D eigenvalue weighted by Crippen LogP contribution is 2.42. The molecular formula is C25H18N2O4. The fourth-order valence-electron chi connectivity index (χ4n) is 3.65. The summed E-state index contributed by atoms with van der Waals surface area (Å²) in [4.78, 5) is 27.4. The largest absolute Gasteiger partial charge is 0.507 e. The molecule has 3 aromatic rings. The van der Waals surface area contributed by atoms with E-state index in [0.29, 0.717) is 28.1 Å². The molecule has 1 unspecified atom stereocenters. The molecule has 1 aliphatic heterocycles. The van der Waals surface area contributed by atoms with Crippen LogP contribution < -0.4 is 9.64 Å². The van der Waals surface area contributed by atoms with Crippen molar-refractivity contribution in [3.8, 4) is 11.8 Å². The Morgan fingerprint density at radius 2 is 1.61 bits per heavy atom. The van der Waals surface area contributed by atoms with Gasteiger partial charge in [0.25, 0.3) is 11.7 Å². The van der Waals surface area contributed by atoms with Crippen LogP contribution in [0.2, 0.25) is 0 Å². The molecule has 31 heavy (non-hydrogen) atoms. The number of nitriles is 1. The fourth-order valence-corrected chi connectivity index (χ4v) is 3.65. The number of methoxy groups -OCH3 is 1. The van der Waals surface area contributed by atoms with E-state index in [9.17, 15) is 14.7 Å². The molecule has 3 aromatic carbocycles. The average molecular weight is 410 g/mol. The van der Waals surface area contributed by atoms with Gasteiger partial charge in [-0.05, 0) is 54.1 Å². The summed E-state index contributed by atoms with van der Waals surface area (Å²) < 4.78 is 5.15. The number of anilines is 1. The van der Waals surface area contributed by atoms with Crippen molar-refractivity contribution >= 4 is 23.1 Å². The second-order valence-corrected chi connectivity index (χ2v) is 6.97. The first-order valence-electron chi connectivity index (χ1n) is 9.55. The second-order valence-electron chi connectivity index (χ2n) is 6.97. The number of ether oxygens (including phenoxy) is 1. The number of aliphatic hydroxyl groups excluding tert-OH is 1. The van der Waals surface area contributed by atoms with Crippen molar-refractivity contribution in [3.63, 3.8) is 0 Å². The van der Waals surface area contributed by atoms with Gasteiger partial charge in [-0.15, -0.1) is 0 Å². The molecule has 152 valence electrons. The molecule has 1 heterocycles. The summed E-state index contributed by atoms with van der Waals surface area (Å²) in [6.45, 7) is 0. The predicted octanol–water partition coefficient (Wildman–Crippen LogP) is 4.19. The lowest BCUT2D eigenvalue weighted by atomic mass is 9.95. The monoisotopic (exact) mass is 410 g/mol. The number of amides is 1. The van der Waals surface area contributed by atoms with Gasteiger partial charge >= 0.3 is 0 Å². The molecule has 0 bridgehead atoms. The zero-order chi connectivity index (χ0) is 22.0. The lowest BCUT2D eigenvalue weighted by Gasteiger charge is -2.25. The maximum Gasteiger partial charge on any atom is 0.300 e. The molecule has 6 heteroatoms. The third-order valence-electron chi connectivity index (χ3n) is 5.20. The molecule has 0 radical (unpaired) electrons. The van der Waals surface area contributed by atoms with E-state index >= 15 is 0 Å². The van der Waals surface area contributed by atoms with Gasteiger partial charge in [-0.2, -0.15) is 5.26 Å². The fraction of sp³-hybridized carbons (Fsp3) is 0.0800. The standard InChI is InChI=1S/C25H18N2O4/c1-31-20-13-9-18(10-14-20)23(28)21-22(17-5-3-2-4-6-17)27(25(30)24(21)29)19-11-7-16(15-26)8-12-19/h2-14,22,28H,1H3/b23-21+. The Hall–Kier alpha value is -4.37. The van der Waals surface area contributed by atoms with Crippen LogP contribution in [-0.2, 0) is 9.59 Å². The lowest BCUT2D eigenvalue weighted by Crippen LogP contribution is -2.29. The van der Waals surface area contributed by atoms with Gasteiger partial charge in [0, 0.05) is 11.3 Å². The summed E-state index contributed by atoms with van der Waals surface area (Å²) in [7, 11) is 1.54. The molecule has 0 aliphatic carbocycles. The van der Waals surface area contributed by atoms with Gasteiger partial charge in [-0.3, -0.25) is 14.5 Å². The average Bonchev–Trinajstić information content (AvgIpc) is 3.09. The first-order chi connectivity index (χ1) is 15.0. The van der Waals surface area contributed by atoms with Crippen LogP contribution in [0.3, 0.4) is 0 Å². The minimum Gasteiger partial charge on any atom is -0.507 e. The van der Waals surface area contributed by atoms with Crippen molar-refractivity contribution in [3.05, 3.63) is 101 Å². The Morgan fingerprint density at radius 3 is 2.19 bits per heavy atom. The van der Waals surface area contributed by atoms with Gasteiger partial charge in [0.05, 0.1) is 30.4 Å². The Bertz CT molecular complexity index is 1210. The topological polar surface area (TPSA) is 90.6 Å². The zero-order valence-corrected chi connectivity index (χ0v) is 16.6. The number of carbonyl (C=O) groups is 2. The predicted molar refractivity (Wildman–Crippen MR) is 115 cm³/mol. The lowest BCUT2D eigenvalue weighted by molar-refractivity contribution is -0.132. The van der Waals surface area contributed by atoms with Gasteiger partial charge in [0.15, 0.2) is 0 Å². The maximum absolute atomic E-state index is 13.0. The quantitative estimate of drug-likeness (QED) is 0.396. The van der Waals surface area contributed by atoms with Gasteiger partial charge in [-0.1, -0.05) is 30.3 Å². The van der Waals surface area contributed by atoms with Gasteiger partial charge in [0.1, 0.15) is 11.5 Å². The number of rotatable bonds is 4. The van der Waals surface area contributed by atoms with Crippen molar-refractivity contribution in [2.45, 2.75) is 6.04 Å². The summed E-state index contributed by atoms with van der Waals surface area (Å²) in [5.41, 5.74) is 1.99. The van der Waals surface area contributed by atoms with Crippen LogP contribution in [0.5, 0.6) is 5.75 Å². The van der Waals surface area contributed by atoms with Crippen LogP contribution in [0.1, 0.15) is 22.7 Å². The molecule has 1 atom stereocenters. The smallest absolute Gasteiger partial charge is 0.300 e. The molecule has 1 aliphatic rings. The van der Waals surface area contributed by atoms with E-state index < -0.39 is 17.7 Å². The first kappa shape index (κ1) is 19.9. The van der Waals surface area contributed by atoms with Gasteiger partial charge in [0.2, 0.25) is 0 Å². The van der Waals surface area contributed by atoms with Crippen LogP contribution >= 0.6 is 0 Å². The van der Waals surface area contributed by atoms with Crippen LogP contribution in [0.4, 0.5) is 5.69 Å². The molecule has 1 fully saturated rings. The number of aliphatic hydroxyl groups is 1. The van der Waals surface area contributed by atoms with Crippen molar-refractivity contribution in [2.24, 2.45) is 0 Å². The number of Topliss-reactive ketones (excluding diaryl/α,β-unsaturated/α-hetero) is 1. The Balaban J connectivity index is 1.90. The van der Waals surface area contributed by atoms with E-state index in [-0.39, 0.29) is 11.3 Å². The number of ketones is 1. The minimum atomic E-state index is -0.809. The van der Waals surface area contributed by atoms with Gasteiger partial charge in [-0.25, -0.2) is 0 Å². The highest BCUT2D eigenvalue weighted by molar-refractivity contribution is 6.51. The summed E-state index contributed by atoms with van der Waals surface area (Å²) >= 11 is 0. The van der Waals surface area contributed by atoms with E-state index in [0.717, 1.165) is 0 Å². The summed E-state index contributed by atoms with van der Waals surface area (Å²) in [6.07, 6.45) is 0. The number of hydrogen-bond donors (Lipinski definition) is 1. The maximum atomic E-state index is 13.0. The van der Waals surface area contributed by atoms with Crippen molar-refractivity contribution in [1.29, 1.82) is 5.26 Å². The summed E-state index contributed by atoms with van der Waals surface area (Å²) in [5.74, 6) is -1.17. The first-order valence-corrected chi connectivity index (χ1v) is 9.55. The Morgan fingerprint density at radius 1 is 0.968 bits per heavy atom.